The lowest BCUT2D eigenvalue weighted by atomic mass is 9.82. The molecule has 0 spiro atoms. The molecule has 1 heterocycles. The summed E-state index contributed by atoms with van der Waals surface area (Å²) in [4.78, 5) is 2.43. The molecule has 1 aromatic heterocycles. The number of hydrogen-bond donors (Lipinski definition) is 0. The summed E-state index contributed by atoms with van der Waals surface area (Å²) in [5.41, 5.74) is 14.9. The highest BCUT2D eigenvalue weighted by Crippen LogP contribution is 2.52. The van der Waals surface area contributed by atoms with Crippen LogP contribution in [0.2, 0.25) is 0 Å². The van der Waals surface area contributed by atoms with E-state index in [1.165, 1.54) is 60.5 Å². The van der Waals surface area contributed by atoms with Crippen LogP contribution in [0.25, 0.3) is 76.9 Å². The summed E-state index contributed by atoms with van der Waals surface area (Å²) in [7, 11) is 0. The van der Waals surface area contributed by atoms with Crippen molar-refractivity contribution in [2.45, 2.75) is 19.3 Å². The topological polar surface area (TPSA) is 16.4 Å². The van der Waals surface area contributed by atoms with Gasteiger partial charge in [0.1, 0.15) is 11.2 Å². The number of benzene rings is 9. The third-order valence-corrected chi connectivity index (χ3v) is 11.8. The molecular formula is C53H37NO. The lowest BCUT2D eigenvalue weighted by Crippen LogP contribution is -2.17. The molecule has 2 heteroatoms. The summed E-state index contributed by atoms with van der Waals surface area (Å²) in [6.07, 6.45) is 0. The lowest BCUT2D eigenvalue weighted by molar-refractivity contribution is 0.660. The van der Waals surface area contributed by atoms with Crippen molar-refractivity contribution in [3.63, 3.8) is 0 Å². The number of furan rings is 1. The summed E-state index contributed by atoms with van der Waals surface area (Å²) < 4.78 is 6.52. The number of anilines is 3. The van der Waals surface area contributed by atoms with Crippen LogP contribution in [-0.2, 0) is 5.41 Å². The van der Waals surface area contributed by atoms with Crippen molar-refractivity contribution < 1.29 is 4.42 Å². The van der Waals surface area contributed by atoms with Crippen molar-refractivity contribution in [3.05, 3.63) is 199 Å². The number of hydrogen-bond acceptors (Lipinski definition) is 2. The maximum absolute atomic E-state index is 6.52. The van der Waals surface area contributed by atoms with Crippen LogP contribution in [0.5, 0.6) is 0 Å². The molecule has 0 amide bonds. The van der Waals surface area contributed by atoms with E-state index < -0.39 is 0 Å². The molecule has 0 atom stereocenters. The minimum atomic E-state index is -0.143. The molecule has 0 unspecified atom stereocenters. The first-order valence-electron chi connectivity index (χ1n) is 19.1. The number of nitrogens with zero attached hydrogens (tertiary/aromatic N) is 1. The Hall–Kier alpha value is -6.90. The van der Waals surface area contributed by atoms with Crippen LogP contribution in [0.15, 0.2) is 192 Å². The van der Waals surface area contributed by atoms with Crippen molar-refractivity contribution in [3.8, 4) is 33.4 Å². The molecule has 10 aromatic rings. The number of para-hydroxylation sites is 1. The van der Waals surface area contributed by atoms with Crippen LogP contribution < -0.4 is 4.90 Å². The Balaban J connectivity index is 1.19. The van der Waals surface area contributed by atoms with Gasteiger partial charge in [-0.2, -0.15) is 0 Å². The van der Waals surface area contributed by atoms with Crippen LogP contribution in [0, 0.1) is 0 Å². The van der Waals surface area contributed by atoms with Crippen LogP contribution >= 0.6 is 0 Å². The average molecular weight is 704 g/mol. The van der Waals surface area contributed by atoms with Gasteiger partial charge in [-0.15, -0.1) is 0 Å². The Morgan fingerprint density at radius 2 is 1.02 bits per heavy atom. The van der Waals surface area contributed by atoms with Crippen molar-refractivity contribution in [2.75, 3.05) is 4.90 Å². The van der Waals surface area contributed by atoms with Gasteiger partial charge in [0.05, 0.1) is 5.69 Å². The maximum atomic E-state index is 6.52. The fraction of sp³-hybridized carbons (Fsp3) is 0.0566. The second kappa shape index (κ2) is 12.1. The zero-order valence-corrected chi connectivity index (χ0v) is 30.8. The first kappa shape index (κ1) is 31.6. The first-order chi connectivity index (χ1) is 27.0. The Morgan fingerprint density at radius 1 is 0.382 bits per heavy atom. The Morgan fingerprint density at radius 3 is 1.93 bits per heavy atom. The highest BCUT2D eigenvalue weighted by atomic mass is 16.3. The van der Waals surface area contributed by atoms with E-state index >= 15 is 0 Å². The van der Waals surface area contributed by atoms with E-state index in [9.17, 15) is 0 Å². The van der Waals surface area contributed by atoms with Crippen LogP contribution in [0.1, 0.15) is 25.0 Å². The van der Waals surface area contributed by atoms with Gasteiger partial charge in [0.2, 0.25) is 0 Å². The normalized spacial score (nSPS) is 13.1. The summed E-state index contributed by atoms with van der Waals surface area (Å²) in [6.45, 7) is 4.71. The molecule has 0 saturated heterocycles. The van der Waals surface area contributed by atoms with E-state index in [-0.39, 0.29) is 5.41 Å². The molecule has 55 heavy (non-hydrogen) atoms. The van der Waals surface area contributed by atoms with Gasteiger partial charge in [-0.3, -0.25) is 0 Å². The van der Waals surface area contributed by atoms with E-state index in [1.54, 1.807) is 0 Å². The van der Waals surface area contributed by atoms with Gasteiger partial charge in [-0.1, -0.05) is 147 Å². The van der Waals surface area contributed by atoms with E-state index in [4.69, 9.17) is 4.42 Å². The quantitative estimate of drug-likeness (QED) is 0.177. The summed E-state index contributed by atoms with van der Waals surface area (Å²) in [5, 5.41) is 7.17. The molecule has 0 bridgehead atoms. The molecule has 0 N–H and O–H groups in total. The second-order valence-electron chi connectivity index (χ2n) is 15.3. The van der Waals surface area contributed by atoms with E-state index in [2.05, 4.69) is 201 Å². The highest BCUT2D eigenvalue weighted by molar-refractivity contribution is 6.07. The minimum absolute atomic E-state index is 0.143. The summed E-state index contributed by atoms with van der Waals surface area (Å²) >= 11 is 0. The largest absolute Gasteiger partial charge is 0.456 e. The van der Waals surface area contributed by atoms with E-state index in [0.717, 1.165) is 44.6 Å². The SMILES string of the molecule is CC1(C)c2ccccc2-c2ccc(N(c3ccc4c(c3)oc3ccccc34)c3ccc(-c4cccc5ccccc45)cc3-c3ccc4ccccc4c3)cc21. The van der Waals surface area contributed by atoms with Crippen LogP contribution in [0.4, 0.5) is 17.1 Å². The zero-order chi connectivity index (χ0) is 36.7. The Labute approximate surface area is 320 Å². The first-order valence-corrected chi connectivity index (χ1v) is 19.1. The summed E-state index contributed by atoms with van der Waals surface area (Å²) in [6, 6.07) is 68.7. The highest BCUT2D eigenvalue weighted by Gasteiger charge is 2.36. The van der Waals surface area contributed by atoms with Gasteiger partial charge in [0.15, 0.2) is 0 Å². The molecule has 2 nitrogen and oxygen atoms in total. The van der Waals surface area contributed by atoms with Gasteiger partial charge in [-0.25, -0.2) is 0 Å². The smallest absolute Gasteiger partial charge is 0.137 e. The number of rotatable bonds is 5. The predicted molar refractivity (Wildman–Crippen MR) is 232 cm³/mol. The van der Waals surface area contributed by atoms with Gasteiger partial charge >= 0.3 is 0 Å². The molecule has 0 radical (unpaired) electrons. The minimum Gasteiger partial charge on any atom is -0.456 e. The summed E-state index contributed by atoms with van der Waals surface area (Å²) in [5.74, 6) is 0. The van der Waals surface area contributed by atoms with Crippen molar-refractivity contribution >= 4 is 60.5 Å². The third kappa shape index (κ3) is 4.95. The molecule has 9 aromatic carbocycles. The predicted octanol–water partition coefficient (Wildman–Crippen LogP) is 15.0. The standard InChI is InChI=1S/C53H37NO/c1-53(2)48-20-9-7-17-43(48)44-27-25-39(32-49(44)53)54(40-26-28-46-45-18-8-10-21-51(45)55-52(46)33-40)50-29-24-38(42-19-11-15-35-13-5-6-16-41(35)42)31-47(50)37-23-22-34-12-3-4-14-36(34)30-37/h3-33H,1-2H3. The molecule has 11 rings (SSSR count). The second-order valence-corrected chi connectivity index (χ2v) is 15.3. The Bertz CT molecular complexity index is 3140. The number of fused-ring (bicyclic) bond motifs is 8. The van der Waals surface area contributed by atoms with Gasteiger partial charge in [0.25, 0.3) is 0 Å². The fourth-order valence-electron chi connectivity index (χ4n) is 9.08. The molecule has 1 aliphatic carbocycles. The van der Waals surface area contributed by atoms with Crippen LogP contribution in [-0.4, -0.2) is 0 Å². The van der Waals surface area contributed by atoms with E-state index in [1.807, 2.05) is 6.07 Å². The monoisotopic (exact) mass is 703 g/mol. The molecule has 0 saturated carbocycles. The zero-order valence-electron chi connectivity index (χ0n) is 30.8. The van der Waals surface area contributed by atoms with Gasteiger partial charge < -0.3 is 9.32 Å². The lowest BCUT2D eigenvalue weighted by Gasteiger charge is -2.30. The molecule has 1 aliphatic rings. The van der Waals surface area contributed by atoms with Gasteiger partial charge in [-0.05, 0) is 109 Å². The maximum Gasteiger partial charge on any atom is 0.137 e. The van der Waals surface area contributed by atoms with Gasteiger partial charge in [0, 0.05) is 39.2 Å². The van der Waals surface area contributed by atoms with E-state index in [0.29, 0.717) is 0 Å². The Kier molecular flexibility index (Phi) is 6.93. The average Bonchev–Trinajstić information content (AvgIpc) is 3.72. The molecule has 260 valence electrons. The van der Waals surface area contributed by atoms with Crippen molar-refractivity contribution in [2.24, 2.45) is 0 Å². The van der Waals surface area contributed by atoms with Crippen molar-refractivity contribution in [1.82, 2.24) is 0 Å². The molecule has 0 aliphatic heterocycles. The van der Waals surface area contributed by atoms with Crippen LogP contribution in [0.3, 0.4) is 0 Å². The molecular weight excluding hydrogens is 667 g/mol. The van der Waals surface area contributed by atoms with Crippen molar-refractivity contribution in [1.29, 1.82) is 0 Å². The molecule has 0 fully saturated rings. The third-order valence-electron chi connectivity index (χ3n) is 11.8. The fourth-order valence-corrected chi connectivity index (χ4v) is 9.08.